The summed E-state index contributed by atoms with van der Waals surface area (Å²) in [5, 5.41) is 3.17. The molecule has 22 heavy (non-hydrogen) atoms. The van der Waals surface area contributed by atoms with Crippen molar-refractivity contribution >= 4 is 24.0 Å². The molecule has 0 bridgehead atoms. The van der Waals surface area contributed by atoms with Crippen molar-refractivity contribution in [2.75, 3.05) is 32.9 Å². The predicted octanol–water partition coefficient (Wildman–Crippen LogP) is 4.09. The molecule has 0 amide bonds. The van der Waals surface area contributed by atoms with E-state index in [1.54, 1.807) is 0 Å². The van der Waals surface area contributed by atoms with Crippen LogP contribution in [0.5, 0.6) is 0 Å². The van der Waals surface area contributed by atoms with E-state index in [9.17, 15) is 17.6 Å². The minimum Gasteiger partial charge on any atom is -0.314 e. The van der Waals surface area contributed by atoms with Gasteiger partial charge < -0.3 is 5.32 Å². The lowest BCUT2D eigenvalue weighted by Gasteiger charge is -2.36. The van der Waals surface area contributed by atoms with Crippen molar-refractivity contribution in [2.24, 2.45) is 0 Å². The van der Waals surface area contributed by atoms with Crippen LogP contribution in [0.1, 0.15) is 23.6 Å². The number of rotatable bonds is 4. The Labute approximate surface area is 138 Å². The Kier molecular flexibility index (Phi) is 7.38. The Hall–Kier alpha value is -0.560. The summed E-state index contributed by atoms with van der Waals surface area (Å²) in [7, 11) is 0. The number of hydrogen-bond donors (Lipinski definition) is 1. The second-order valence-electron chi connectivity index (χ2n) is 5.01. The molecule has 1 aromatic rings. The van der Waals surface area contributed by atoms with Crippen LogP contribution < -0.4 is 5.32 Å². The largest absolute Gasteiger partial charge is 0.416 e. The second-order valence-corrected chi connectivity index (χ2v) is 5.45. The van der Waals surface area contributed by atoms with Crippen LogP contribution >= 0.6 is 24.0 Å². The minimum atomic E-state index is -4.50. The average molecular weight is 361 g/mol. The van der Waals surface area contributed by atoms with Crippen molar-refractivity contribution in [1.29, 1.82) is 0 Å². The summed E-state index contributed by atoms with van der Waals surface area (Å²) in [4.78, 5) is 1.90. The van der Waals surface area contributed by atoms with Crippen LogP contribution in [0.3, 0.4) is 0 Å². The lowest BCUT2D eigenvalue weighted by Crippen LogP contribution is -2.45. The predicted molar refractivity (Wildman–Crippen MR) is 81.5 cm³/mol. The fourth-order valence-electron chi connectivity index (χ4n) is 2.70. The van der Waals surface area contributed by atoms with Gasteiger partial charge in [-0.25, -0.2) is 0 Å². The normalized spacial score (nSPS) is 17.9. The van der Waals surface area contributed by atoms with Crippen LogP contribution in [-0.4, -0.2) is 37.8 Å². The van der Waals surface area contributed by atoms with Crippen molar-refractivity contribution in [1.82, 2.24) is 10.2 Å². The van der Waals surface area contributed by atoms with Gasteiger partial charge in [-0.1, -0.05) is 17.7 Å². The van der Waals surface area contributed by atoms with Crippen molar-refractivity contribution in [3.8, 4) is 0 Å². The van der Waals surface area contributed by atoms with Crippen molar-refractivity contribution in [3.05, 3.63) is 34.3 Å². The zero-order chi connectivity index (χ0) is 15.5. The molecule has 2 nitrogen and oxygen atoms in total. The molecule has 1 aliphatic heterocycles. The molecular formula is C14H18Cl2F4N2. The summed E-state index contributed by atoms with van der Waals surface area (Å²) < 4.78 is 52.5. The van der Waals surface area contributed by atoms with Gasteiger partial charge in [0.2, 0.25) is 0 Å². The van der Waals surface area contributed by atoms with Gasteiger partial charge in [-0.2, -0.15) is 13.2 Å². The second kappa shape index (κ2) is 8.34. The zero-order valence-electron chi connectivity index (χ0n) is 11.8. The summed E-state index contributed by atoms with van der Waals surface area (Å²) in [6.45, 7) is 1.93. The molecule has 0 radical (unpaired) electrons. The lowest BCUT2D eigenvalue weighted by molar-refractivity contribution is -0.138. The van der Waals surface area contributed by atoms with E-state index in [0.717, 1.165) is 6.07 Å². The SMILES string of the molecule is Cl.FCC[C@@H](c1ccc(Cl)cc1C(F)(F)F)N1CCNCC1. The Morgan fingerprint density at radius 2 is 1.86 bits per heavy atom. The molecule has 1 saturated heterocycles. The number of halogens is 6. The van der Waals surface area contributed by atoms with Crippen molar-refractivity contribution in [3.63, 3.8) is 0 Å². The van der Waals surface area contributed by atoms with Gasteiger partial charge in [0, 0.05) is 37.2 Å². The Bertz CT molecular complexity index is 476. The monoisotopic (exact) mass is 360 g/mol. The van der Waals surface area contributed by atoms with E-state index in [1.165, 1.54) is 12.1 Å². The van der Waals surface area contributed by atoms with Gasteiger partial charge in [0.1, 0.15) is 0 Å². The molecule has 8 heteroatoms. The summed E-state index contributed by atoms with van der Waals surface area (Å²) >= 11 is 5.69. The summed E-state index contributed by atoms with van der Waals surface area (Å²) in [5.74, 6) is 0. The topological polar surface area (TPSA) is 15.3 Å². The van der Waals surface area contributed by atoms with Crippen LogP contribution in [-0.2, 0) is 6.18 Å². The number of alkyl halides is 4. The first-order valence-corrected chi connectivity index (χ1v) is 7.18. The van der Waals surface area contributed by atoms with Crippen molar-refractivity contribution < 1.29 is 17.6 Å². The molecule has 1 aliphatic rings. The molecule has 1 fully saturated rings. The molecule has 0 aliphatic carbocycles. The molecule has 1 heterocycles. The highest BCUT2D eigenvalue weighted by molar-refractivity contribution is 6.30. The first-order chi connectivity index (χ1) is 9.93. The van der Waals surface area contributed by atoms with E-state index >= 15 is 0 Å². The van der Waals surface area contributed by atoms with Crippen LogP contribution in [0, 0.1) is 0 Å². The quantitative estimate of drug-likeness (QED) is 0.813. The fraction of sp³-hybridized carbons (Fsp3) is 0.571. The van der Waals surface area contributed by atoms with E-state index in [-0.39, 0.29) is 29.4 Å². The van der Waals surface area contributed by atoms with E-state index in [4.69, 9.17) is 11.6 Å². The van der Waals surface area contributed by atoms with E-state index in [0.29, 0.717) is 26.2 Å². The number of benzene rings is 1. The first-order valence-electron chi connectivity index (χ1n) is 6.81. The van der Waals surface area contributed by atoms with Gasteiger partial charge in [0.05, 0.1) is 12.2 Å². The Morgan fingerprint density at radius 3 is 2.41 bits per heavy atom. The summed E-state index contributed by atoms with van der Waals surface area (Å²) in [5.41, 5.74) is -0.668. The zero-order valence-corrected chi connectivity index (χ0v) is 13.4. The molecule has 1 N–H and O–H groups in total. The smallest absolute Gasteiger partial charge is 0.314 e. The molecule has 1 atom stereocenters. The highest BCUT2D eigenvalue weighted by Crippen LogP contribution is 2.39. The first kappa shape index (κ1) is 19.5. The molecule has 0 aromatic heterocycles. The Morgan fingerprint density at radius 1 is 1.23 bits per heavy atom. The number of piperazine rings is 1. The van der Waals surface area contributed by atoms with Gasteiger partial charge in [-0.15, -0.1) is 12.4 Å². The van der Waals surface area contributed by atoms with Gasteiger partial charge in [-0.3, -0.25) is 9.29 Å². The molecule has 1 aromatic carbocycles. The molecule has 0 spiro atoms. The maximum absolute atomic E-state index is 13.2. The van der Waals surface area contributed by atoms with E-state index in [2.05, 4.69) is 5.32 Å². The van der Waals surface area contributed by atoms with Crippen LogP contribution in [0.15, 0.2) is 18.2 Å². The third-order valence-electron chi connectivity index (χ3n) is 3.65. The third kappa shape index (κ3) is 4.72. The molecule has 0 saturated carbocycles. The average Bonchev–Trinajstić information content (AvgIpc) is 2.45. The maximum atomic E-state index is 13.2. The van der Waals surface area contributed by atoms with Crippen LogP contribution in [0.2, 0.25) is 5.02 Å². The number of nitrogens with one attached hydrogen (secondary N) is 1. The van der Waals surface area contributed by atoms with Crippen molar-refractivity contribution in [2.45, 2.75) is 18.6 Å². The lowest BCUT2D eigenvalue weighted by atomic mass is 9.96. The molecule has 2 rings (SSSR count). The Balaban J connectivity index is 0.00000242. The van der Waals surface area contributed by atoms with Gasteiger partial charge in [0.15, 0.2) is 0 Å². The molecular weight excluding hydrogens is 343 g/mol. The van der Waals surface area contributed by atoms with E-state index in [1.807, 2.05) is 4.90 Å². The number of hydrogen-bond acceptors (Lipinski definition) is 2. The standard InChI is InChI=1S/C14H17ClF4N2.ClH/c15-10-1-2-11(12(9-10)14(17,18)19)13(3-4-16)21-7-5-20-6-8-21;/h1-2,9,13,20H,3-8H2;1H/t13-;/m0./s1. The summed E-state index contributed by atoms with van der Waals surface area (Å²) in [6.07, 6.45) is -4.45. The van der Waals surface area contributed by atoms with Gasteiger partial charge >= 0.3 is 6.18 Å². The third-order valence-corrected chi connectivity index (χ3v) is 3.89. The summed E-state index contributed by atoms with van der Waals surface area (Å²) in [6, 6.07) is 3.14. The highest BCUT2D eigenvalue weighted by atomic mass is 35.5. The van der Waals surface area contributed by atoms with Gasteiger partial charge in [-0.05, 0) is 24.1 Å². The molecule has 0 unspecified atom stereocenters. The van der Waals surface area contributed by atoms with E-state index < -0.39 is 24.5 Å². The van der Waals surface area contributed by atoms with Gasteiger partial charge in [0.25, 0.3) is 0 Å². The van der Waals surface area contributed by atoms with Crippen LogP contribution in [0.25, 0.3) is 0 Å². The minimum absolute atomic E-state index is 0. The van der Waals surface area contributed by atoms with Crippen LogP contribution in [0.4, 0.5) is 17.6 Å². The maximum Gasteiger partial charge on any atom is 0.416 e. The number of nitrogens with zero attached hydrogens (tertiary/aromatic N) is 1. The highest BCUT2D eigenvalue weighted by Gasteiger charge is 2.37. The fourth-order valence-corrected chi connectivity index (χ4v) is 2.87. The molecule has 126 valence electrons.